The number of carboxylic acid groups (broad SMARTS) is 1. The molecule has 0 saturated heterocycles. The van der Waals surface area contributed by atoms with Gasteiger partial charge in [0, 0.05) is 12.2 Å². The Morgan fingerprint density at radius 2 is 1.94 bits per heavy atom. The summed E-state index contributed by atoms with van der Waals surface area (Å²) in [5.74, 6) is -2.21. The van der Waals surface area contributed by atoms with E-state index in [1.54, 1.807) is 0 Å². The third kappa shape index (κ3) is 3.65. The standard InChI is InChI=1S/C10H15N3O4/c11-6-2-1-3-7(10(16)17)12-13-8(14)4-5-9(13)15/h4-5,7,12H,1-3,6,11H2,(H,16,17). The van der Waals surface area contributed by atoms with Crippen molar-refractivity contribution in [3.05, 3.63) is 12.2 Å². The lowest BCUT2D eigenvalue weighted by molar-refractivity contribution is -0.146. The van der Waals surface area contributed by atoms with E-state index in [0.29, 0.717) is 30.8 Å². The van der Waals surface area contributed by atoms with E-state index in [2.05, 4.69) is 5.43 Å². The number of imide groups is 1. The van der Waals surface area contributed by atoms with Crippen LogP contribution >= 0.6 is 0 Å². The van der Waals surface area contributed by atoms with E-state index in [1.165, 1.54) is 0 Å². The topological polar surface area (TPSA) is 113 Å². The van der Waals surface area contributed by atoms with Crippen LogP contribution in [0.3, 0.4) is 0 Å². The molecule has 0 aromatic heterocycles. The minimum atomic E-state index is -1.10. The van der Waals surface area contributed by atoms with Crippen molar-refractivity contribution in [2.75, 3.05) is 6.54 Å². The van der Waals surface area contributed by atoms with Crippen molar-refractivity contribution in [2.24, 2.45) is 5.73 Å². The van der Waals surface area contributed by atoms with Gasteiger partial charge in [0.15, 0.2) is 0 Å². The fraction of sp³-hybridized carbons (Fsp3) is 0.500. The molecule has 1 unspecified atom stereocenters. The number of carbonyl (C=O) groups is 3. The van der Waals surface area contributed by atoms with Gasteiger partial charge in [-0.1, -0.05) is 0 Å². The average Bonchev–Trinajstić information content (AvgIpc) is 2.58. The van der Waals surface area contributed by atoms with Gasteiger partial charge in [0.05, 0.1) is 0 Å². The Hall–Kier alpha value is -1.73. The van der Waals surface area contributed by atoms with Gasteiger partial charge in [-0.25, -0.2) is 10.4 Å². The highest BCUT2D eigenvalue weighted by Crippen LogP contribution is 2.05. The van der Waals surface area contributed by atoms with Crippen LogP contribution in [-0.2, 0) is 14.4 Å². The molecule has 1 aliphatic heterocycles. The molecule has 4 N–H and O–H groups in total. The molecule has 1 heterocycles. The van der Waals surface area contributed by atoms with Crippen LogP contribution in [0, 0.1) is 0 Å². The lowest BCUT2D eigenvalue weighted by Crippen LogP contribution is -2.51. The summed E-state index contributed by atoms with van der Waals surface area (Å²) in [5.41, 5.74) is 7.71. The molecule has 94 valence electrons. The maximum absolute atomic E-state index is 11.2. The molecule has 7 nitrogen and oxygen atoms in total. The number of hydrogen-bond donors (Lipinski definition) is 3. The monoisotopic (exact) mass is 241 g/mol. The number of unbranched alkanes of at least 4 members (excludes halogenated alkanes) is 1. The molecule has 0 aromatic rings. The second-order valence-electron chi connectivity index (χ2n) is 3.65. The molecule has 1 atom stereocenters. The second-order valence-corrected chi connectivity index (χ2v) is 3.65. The molecule has 0 radical (unpaired) electrons. The number of aliphatic carboxylic acids is 1. The van der Waals surface area contributed by atoms with E-state index in [0.717, 1.165) is 12.2 Å². The first-order valence-electron chi connectivity index (χ1n) is 5.31. The zero-order valence-corrected chi connectivity index (χ0v) is 9.26. The summed E-state index contributed by atoms with van der Waals surface area (Å²) in [6.45, 7) is 0.482. The Morgan fingerprint density at radius 1 is 1.35 bits per heavy atom. The van der Waals surface area contributed by atoms with Gasteiger partial charge in [-0.2, -0.15) is 0 Å². The Kier molecular flexibility index (Phi) is 4.80. The number of amides is 2. The molecule has 1 rings (SSSR count). The first-order chi connectivity index (χ1) is 8.06. The van der Waals surface area contributed by atoms with Gasteiger partial charge in [-0.3, -0.25) is 14.4 Å². The predicted octanol–water partition coefficient (Wildman–Crippen LogP) is -1.00. The predicted molar refractivity (Wildman–Crippen MR) is 58.5 cm³/mol. The third-order valence-electron chi connectivity index (χ3n) is 2.34. The highest BCUT2D eigenvalue weighted by molar-refractivity contribution is 6.12. The Bertz CT molecular complexity index is 335. The van der Waals surface area contributed by atoms with Crippen molar-refractivity contribution in [1.82, 2.24) is 10.4 Å². The fourth-order valence-corrected chi connectivity index (χ4v) is 1.42. The van der Waals surface area contributed by atoms with Crippen molar-refractivity contribution in [3.8, 4) is 0 Å². The maximum atomic E-state index is 11.2. The molecule has 0 aliphatic carbocycles. The summed E-state index contributed by atoms with van der Waals surface area (Å²) in [4.78, 5) is 33.4. The first-order valence-corrected chi connectivity index (χ1v) is 5.31. The first kappa shape index (κ1) is 13.3. The molecular weight excluding hydrogens is 226 g/mol. The number of nitrogens with one attached hydrogen (secondary N) is 1. The largest absolute Gasteiger partial charge is 0.480 e. The molecule has 0 aromatic carbocycles. The van der Waals surface area contributed by atoms with Gasteiger partial charge in [-0.15, -0.1) is 0 Å². The van der Waals surface area contributed by atoms with Crippen LogP contribution in [0.25, 0.3) is 0 Å². The Labute approximate surface area is 98.2 Å². The summed E-state index contributed by atoms with van der Waals surface area (Å²) < 4.78 is 0. The molecule has 0 spiro atoms. The summed E-state index contributed by atoms with van der Waals surface area (Å²) in [6, 6.07) is -0.964. The normalized spacial score (nSPS) is 16.6. The number of rotatable bonds is 7. The van der Waals surface area contributed by atoms with Crippen molar-refractivity contribution < 1.29 is 19.5 Å². The zero-order valence-electron chi connectivity index (χ0n) is 9.26. The number of nitrogens with two attached hydrogens (primary N) is 1. The highest BCUT2D eigenvalue weighted by Gasteiger charge is 2.28. The number of carbonyl (C=O) groups excluding carboxylic acids is 2. The van der Waals surface area contributed by atoms with Crippen LogP contribution in [0.15, 0.2) is 12.2 Å². The van der Waals surface area contributed by atoms with Gasteiger partial charge in [0.2, 0.25) is 0 Å². The van der Waals surface area contributed by atoms with Crippen molar-refractivity contribution in [3.63, 3.8) is 0 Å². The van der Waals surface area contributed by atoms with Gasteiger partial charge >= 0.3 is 5.97 Å². The zero-order chi connectivity index (χ0) is 12.8. The molecule has 0 bridgehead atoms. The fourth-order valence-electron chi connectivity index (χ4n) is 1.42. The molecule has 0 fully saturated rings. The SMILES string of the molecule is NCCCCC(NN1C(=O)C=CC1=O)C(=O)O. The minimum Gasteiger partial charge on any atom is -0.480 e. The van der Waals surface area contributed by atoms with Gasteiger partial charge < -0.3 is 10.8 Å². The van der Waals surface area contributed by atoms with Crippen LogP contribution in [-0.4, -0.2) is 40.5 Å². The van der Waals surface area contributed by atoms with Gasteiger partial charge in [-0.05, 0) is 25.8 Å². The van der Waals surface area contributed by atoms with E-state index in [9.17, 15) is 14.4 Å². The second kappa shape index (κ2) is 6.12. The highest BCUT2D eigenvalue weighted by atomic mass is 16.4. The number of carboxylic acids is 1. The van der Waals surface area contributed by atoms with Crippen molar-refractivity contribution in [2.45, 2.75) is 25.3 Å². The van der Waals surface area contributed by atoms with E-state index < -0.39 is 23.8 Å². The Morgan fingerprint density at radius 3 is 2.41 bits per heavy atom. The van der Waals surface area contributed by atoms with Crippen LogP contribution in [0.5, 0.6) is 0 Å². The van der Waals surface area contributed by atoms with Crippen LogP contribution in [0.4, 0.5) is 0 Å². The molecule has 17 heavy (non-hydrogen) atoms. The van der Waals surface area contributed by atoms with Crippen LogP contribution < -0.4 is 11.2 Å². The minimum absolute atomic E-state index is 0.309. The summed E-state index contributed by atoms with van der Waals surface area (Å²) in [5, 5.41) is 9.65. The number of nitrogens with zero attached hydrogens (tertiary/aromatic N) is 1. The van der Waals surface area contributed by atoms with E-state index in [4.69, 9.17) is 10.8 Å². The summed E-state index contributed by atoms with van der Waals surface area (Å²) >= 11 is 0. The summed E-state index contributed by atoms with van der Waals surface area (Å²) in [6.07, 6.45) is 3.81. The quantitative estimate of drug-likeness (QED) is 0.389. The van der Waals surface area contributed by atoms with Gasteiger partial charge in [0.25, 0.3) is 11.8 Å². The Balaban J connectivity index is 2.52. The summed E-state index contributed by atoms with van der Waals surface area (Å²) in [7, 11) is 0. The molecule has 2 amide bonds. The molecule has 7 heteroatoms. The lowest BCUT2D eigenvalue weighted by Gasteiger charge is -2.20. The molecule has 1 aliphatic rings. The van der Waals surface area contributed by atoms with Crippen molar-refractivity contribution >= 4 is 17.8 Å². The third-order valence-corrected chi connectivity index (χ3v) is 2.34. The number of hydrazine groups is 1. The van der Waals surface area contributed by atoms with E-state index in [-0.39, 0.29) is 0 Å². The van der Waals surface area contributed by atoms with E-state index >= 15 is 0 Å². The maximum Gasteiger partial charge on any atom is 0.322 e. The molecule has 0 saturated carbocycles. The van der Waals surface area contributed by atoms with Crippen LogP contribution in [0.1, 0.15) is 19.3 Å². The molecular formula is C10H15N3O4. The van der Waals surface area contributed by atoms with Crippen molar-refractivity contribution in [1.29, 1.82) is 0 Å². The average molecular weight is 241 g/mol. The lowest BCUT2D eigenvalue weighted by atomic mass is 10.1. The number of hydrogen-bond acceptors (Lipinski definition) is 5. The smallest absolute Gasteiger partial charge is 0.322 e. The van der Waals surface area contributed by atoms with Gasteiger partial charge in [0.1, 0.15) is 6.04 Å². The van der Waals surface area contributed by atoms with Crippen LogP contribution in [0.2, 0.25) is 0 Å². The van der Waals surface area contributed by atoms with E-state index in [1.807, 2.05) is 0 Å².